The van der Waals surface area contributed by atoms with Crippen LogP contribution < -0.4 is 4.74 Å². The Bertz CT molecular complexity index is 389. The largest absolute Gasteiger partial charge is 0.478 e. The molecule has 0 aliphatic heterocycles. The van der Waals surface area contributed by atoms with Crippen LogP contribution in [0.1, 0.15) is 5.56 Å². The number of rotatable bonds is 4. The summed E-state index contributed by atoms with van der Waals surface area (Å²) in [5.74, 6) is 2.63. The van der Waals surface area contributed by atoms with Crippen molar-refractivity contribution >= 4 is 23.2 Å². The molecule has 0 saturated heterocycles. The predicted molar refractivity (Wildman–Crippen MR) is 60.3 cm³/mol. The summed E-state index contributed by atoms with van der Waals surface area (Å²) in [5, 5.41) is 3.37. The fourth-order valence-electron chi connectivity index (χ4n) is 1.03. The number of hydrogen-bond donors (Lipinski definition) is 0. The minimum Gasteiger partial charge on any atom is -0.478 e. The first kappa shape index (κ1) is 11.8. The second-order valence-corrected chi connectivity index (χ2v) is 3.48. The van der Waals surface area contributed by atoms with Crippen molar-refractivity contribution in [3.05, 3.63) is 32.6 Å². The SMILES string of the molecule is C#CCOc1c(Cl)cc(CN=O)cc1Cl. The number of hydrogen-bond acceptors (Lipinski definition) is 3. The second-order valence-electron chi connectivity index (χ2n) is 2.67. The minimum absolute atomic E-state index is 0.0227. The molecule has 0 aromatic heterocycles. The third-order valence-electron chi connectivity index (χ3n) is 1.61. The van der Waals surface area contributed by atoms with E-state index in [1.807, 2.05) is 0 Å². The van der Waals surface area contributed by atoms with Crippen LogP contribution >= 0.6 is 23.2 Å². The molecule has 3 nitrogen and oxygen atoms in total. The predicted octanol–water partition coefficient (Wildman–Crippen LogP) is 3.27. The van der Waals surface area contributed by atoms with Crippen molar-refractivity contribution in [3.63, 3.8) is 0 Å². The summed E-state index contributed by atoms with van der Waals surface area (Å²) < 4.78 is 5.14. The van der Waals surface area contributed by atoms with Crippen molar-refractivity contribution < 1.29 is 4.74 Å². The van der Waals surface area contributed by atoms with Crippen molar-refractivity contribution in [1.29, 1.82) is 0 Å². The number of nitroso groups, excluding NO2 is 1. The third-order valence-corrected chi connectivity index (χ3v) is 2.17. The molecule has 0 saturated carbocycles. The Kier molecular flexibility index (Phi) is 4.41. The van der Waals surface area contributed by atoms with E-state index >= 15 is 0 Å². The van der Waals surface area contributed by atoms with Crippen LogP contribution in [-0.2, 0) is 6.54 Å². The zero-order valence-electron chi connectivity index (χ0n) is 7.67. The Morgan fingerprint density at radius 1 is 1.40 bits per heavy atom. The molecule has 0 spiro atoms. The highest BCUT2D eigenvalue weighted by atomic mass is 35.5. The van der Waals surface area contributed by atoms with Crippen LogP contribution in [0.25, 0.3) is 0 Å². The molecule has 0 aliphatic carbocycles. The van der Waals surface area contributed by atoms with Gasteiger partial charge in [0.25, 0.3) is 0 Å². The van der Waals surface area contributed by atoms with Crippen LogP contribution in [0.2, 0.25) is 10.0 Å². The number of benzene rings is 1. The van der Waals surface area contributed by atoms with E-state index < -0.39 is 0 Å². The fraction of sp³-hybridized carbons (Fsp3) is 0.200. The summed E-state index contributed by atoms with van der Waals surface area (Å²) in [7, 11) is 0. The lowest BCUT2D eigenvalue weighted by Crippen LogP contribution is -1.96. The fourth-order valence-corrected chi connectivity index (χ4v) is 1.67. The van der Waals surface area contributed by atoms with Gasteiger partial charge in [-0.05, 0) is 17.7 Å². The standard InChI is InChI=1S/C10H7Cl2NO2/c1-2-3-15-10-8(11)4-7(6-13-14)5-9(10)12/h1,4-5H,3,6H2. The van der Waals surface area contributed by atoms with Gasteiger partial charge in [-0.3, -0.25) is 0 Å². The van der Waals surface area contributed by atoms with Gasteiger partial charge in [0.2, 0.25) is 0 Å². The average Bonchev–Trinajstić information content (AvgIpc) is 2.17. The van der Waals surface area contributed by atoms with Crippen molar-refractivity contribution in [2.45, 2.75) is 6.54 Å². The zero-order valence-corrected chi connectivity index (χ0v) is 9.18. The molecule has 15 heavy (non-hydrogen) atoms. The Morgan fingerprint density at radius 2 is 2.00 bits per heavy atom. The van der Waals surface area contributed by atoms with Gasteiger partial charge in [0.05, 0.1) is 10.0 Å². The molecule has 0 N–H and O–H groups in total. The Labute approximate surface area is 97.3 Å². The highest BCUT2D eigenvalue weighted by Crippen LogP contribution is 2.34. The first-order chi connectivity index (χ1) is 7.19. The maximum Gasteiger partial charge on any atom is 0.157 e. The molecular formula is C10H7Cl2NO2. The first-order valence-corrected chi connectivity index (χ1v) is 4.78. The van der Waals surface area contributed by atoms with Gasteiger partial charge in [-0.1, -0.05) is 34.3 Å². The number of halogens is 2. The number of nitrogens with zero attached hydrogens (tertiary/aromatic N) is 1. The first-order valence-electron chi connectivity index (χ1n) is 4.02. The molecule has 0 aliphatic rings. The van der Waals surface area contributed by atoms with Gasteiger partial charge < -0.3 is 4.74 Å². The van der Waals surface area contributed by atoms with Gasteiger partial charge >= 0.3 is 0 Å². The number of terminal acetylenes is 1. The highest BCUT2D eigenvalue weighted by molar-refractivity contribution is 6.37. The van der Waals surface area contributed by atoms with E-state index in [-0.39, 0.29) is 13.2 Å². The van der Waals surface area contributed by atoms with E-state index in [2.05, 4.69) is 11.1 Å². The van der Waals surface area contributed by atoms with Gasteiger partial charge in [0.1, 0.15) is 13.2 Å². The molecule has 0 fully saturated rings. The van der Waals surface area contributed by atoms with E-state index in [0.717, 1.165) is 0 Å². The molecule has 78 valence electrons. The van der Waals surface area contributed by atoms with Crippen molar-refractivity contribution in [2.75, 3.05) is 6.61 Å². The number of ether oxygens (including phenoxy) is 1. The Balaban J connectivity index is 2.99. The smallest absolute Gasteiger partial charge is 0.157 e. The van der Waals surface area contributed by atoms with E-state index in [1.165, 1.54) is 0 Å². The van der Waals surface area contributed by atoms with Crippen LogP contribution in [0.4, 0.5) is 0 Å². The van der Waals surface area contributed by atoms with Crippen LogP contribution in [0.3, 0.4) is 0 Å². The lowest BCUT2D eigenvalue weighted by molar-refractivity contribution is 0.371. The quantitative estimate of drug-likeness (QED) is 0.602. The van der Waals surface area contributed by atoms with E-state index in [0.29, 0.717) is 21.4 Å². The van der Waals surface area contributed by atoms with Gasteiger partial charge in [0, 0.05) is 0 Å². The second kappa shape index (κ2) is 5.59. The van der Waals surface area contributed by atoms with Crippen molar-refractivity contribution in [2.24, 2.45) is 5.18 Å². The van der Waals surface area contributed by atoms with Crippen LogP contribution in [0.15, 0.2) is 17.3 Å². The maximum absolute atomic E-state index is 10.1. The molecule has 1 rings (SSSR count). The van der Waals surface area contributed by atoms with E-state index in [4.69, 9.17) is 34.4 Å². The summed E-state index contributed by atoms with van der Waals surface area (Å²) in [6.07, 6.45) is 5.04. The van der Waals surface area contributed by atoms with Crippen LogP contribution in [0.5, 0.6) is 5.75 Å². The molecule has 1 aromatic rings. The lowest BCUT2D eigenvalue weighted by Gasteiger charge is -2.08. The molecular weight excluding hydrogens is 237 g/mol. The molecule has 0 amide bonds. The van der Waals surface area contributed by atoms with Crippen LogP contribution in [0, 0.1) is 17.3 Å². The summed E-state index contributed by atoms with van der Waals surface area (Å²) in [6, 6.07) is 3.14. The molecule has 5 heteroatoms. The van der Waals surface area contributed by atoms with Gasteiger partial charge in [-0.25, -0.2) is 0 Å². The zero-order chi connectivity index (χ0) is 11.3. The summed E-state index contributed by atoms with van der Waals surface area (Å²) in [6.45, 7) is 0.111. The lowest BCUT2D eigenvalue weighted by atomic mass is 10.2. The van der Waals surface area contributed by atoms with Gasteiger partial charge in [-0.2, -0.15) is 4.91 Å². The molecule has 1 aromatic carbocycles. The summed E-state index contributed by atoms with van der Waals surface area (Å²) in [4.78, 5) is 10.1. The summed E-state index contributed by atoms with van der Waals surface area (Å²) >= 11 is 11.8. The van der Waals surface area contributed by atoms with Crippen molar-refractivity contribution in [3.8, 4) is 18.1 Å². The minimum atomic E-state index is 0.0227. The van der Waals surface area contributed by atoms with Crippen molar-refractivity contribution in [1.82, 2.24) is 0 Å². The molecule has 0 unspecified atom stereocenters. The molecule has 0 atom stereocenters. The van der Waals surface area contributed by atoms with Gasteiger partial charge in [0.15, 0.2) is 5.75 Å². The highest BCUT2D eigenvalue weighted by Gasteiger charge is 2.09. The van der Waals surface area contributed by atoms with Gasteiger partial charge in [-0.15, -0.1) is 6.42 Å². The molecule has 0 heterocycles. The topological polar surface area (TPSA) is 38.7 Å². The Morgan fingerprint density at radius 3 is 2.47 bits per heavy atom. The maximum atomic E-state index is 10.1. The monoisotopic (exact) mass is 243 g/mol. The Hall–Kier alpha value is -1.24. The molecule has 0 bridgehead atoms. The van der Waals surface area contributed by atoms with Crippen LogP contribution in [-0.4, -0.2) is 6.61 Å². The van der Waals surface area contributed by atoms with E-state index in [9.17, 15) is 4.91 Å². The third kappa shape index (κ3) is 3.12. The van der Waals surface area contributed by atoms with E-state index in [1.54, 1.807) is 12.1 Å². The summed E-state index contributed by atoms with van der Waals surface area (Å²) in [5.41, 5.74) is 0.632. The average molecular weight is 244 g/mol. The normalized spacial score (nSPS) is 9.40. The molecule has 0 radical (unpaired) electrons.